The van der Waals surface area contributed by atoms with Crippen LogP contribution in [-0.4, -0.2) is 6.61 Å². The molecule has 4 heteroatoms. The predicted molar refractivity (Wildman–Crippen MR) is 79.4 cm³/mol. The first-order valence-corrected chi connectivity index (χ1v) is 7.35. The van der Waals surface area contributed by atoms with Crippen LogP contribution in [-0.2, 0) is 0 Å². The Balaban J connectivity index is 2.23. The van der Waals surface area contributed by atoms with Gasteiger partial charge in [0.05, 0.1) is 11.4 Å². The predicted octanol–water partition coefficient (Wildman–Crippen LogP) is 5.24. The van der Waals surface area contributed by atoms with Crippen LogP contribution in [0.3, 0.4) is 0 Å². The van der Waals surface area contributed by atoms with Crippen molar-refractivity contribution in [1.29, 1.82) is 0 Å². The van der Waals surface area contributed by atoms with Crippen molar-refractivity contribution in [1.82, 2.24) is 0 Å². The molecule has 0 heterocycles. The van der Waals surface area contributed by atoms with Crippen molar-refractivity contribution >= 4 is 15.9 Å². The zero-order valence-electron chi connectivity index (χ0n) is 11.1. The summed E-state index contributed by atoms with van der Waals surface area (Å²) in [4.78, 5) is -0.206. The molecule has 1 atom stereocenters. The van der Waals surface area contributed by atoms with Crippen molar-refractivity contribution in [3.05, 3.63) is 65.2 Å². The minimum absolute atomic E-state index is 0.206. The van der Waals surface area contributed by atoms with Crippen LogP contribution < -0.4 is 4.74 Å². The summed E-state index contributed by atoms with van der Waals surface area (Å²) in [6, 6.07) is 11.5. The standard InChI is InChI=1S/C16H15BrF2O/c1-2-8-20-13-5-3-4-11(9-13)16(17)12-6-7-14(18)15(19)10-12/h3-7,9-10,16H,2,8H2,1H3. The van der Waals surface area contributed by atoms with Gasteiger partial charge in [0.25, 0.3) is 0 Å². The highest BCUT2D eigenvalue weighted by Crippen LogP contribution is 2.33. The lowest BCUT2D eigenvalue weighted by Crippen LogP contribution is -1.98. The van der Waals surface area contributed by atoms with Crippen molar-refractivity contribution in [3.63, 3.8) is 0 Å². The van der Waals surface area contributed by atoms with Gasteiger partial charge in [-0.2, -0.15) is 0 Å². The molecule has 0 spiro atoms. The van der Waals surface area contributed by atoms with Crippen molar-refractivity contribution in [2.45, 2.75) is 18.2 Å². The zero-order valence-corrected chi connectivity index (χ0v) is 12.7. The van der Waals surface area contributed by atoms with Gasteiger partial charge in [0.1, 0.15) is 5.75 Å². The molecule has 106 valence electrons. The molecule has 0 fully saturated rings. The van der Waals surface area contributed by atoms with Gasteiger partial charge < -0.3 is 4.74 Å². The van der Waals surface area contributed by atoms with E-state index in [9.17, 15) is 8.78 Å². The summed E-state index contributed by atoms with van der Waals surface area (Å²) < 4.78 is 31.8. The lowest BCUT2D eigenvalue weighted by Gasteiger charge is -2.13. The van der Waals surface area contributed by atoms with Crippen molar-refractivity contribution < 1.29 is 13.5 Å². The number of hydrogen-bond donors (Lipinski definition) is 0. The minimum Gasteiger partial charge on any atom is -0.494 e. The minimum atomic E-state index is -0.842. The van der Waals surface area contributed by atoms with E-state index in [-0.39, 0.29) is 4.83 Å². The maximum Gasteiger partial charge on any atom is 0.159 e. The maximum absolute atomic E-state index is 13.3. The van der Waals surface area contributed by atoms with E-state index in [4.69, 9.17) is 4.74 Å². The van der Waals surface area contributed by atoms with Gasteiger partial charge in [-0.1, -0.05) is 41.1 Å². The Morgan fingerprint density at radius 3 is 2.50 bits per heavy atom. The SMILES string of the molecule is CCCOc1cccc(C(Br)c2ccc(F)c(F)c2)c1. The first kappa shape index (κ1) is 15.0. The third-order valence-electron chi connectivity index (χ3n) is 2.86. The Kier molecular flexibility index (Phi) is 5.12. The molecule has 1 nitrogen and oxygen atoms in total. The summed E-state index contributed by atoms with van der Waals surface area (Å²) >= 11 is 3.51. The highest BCUT2D eigenvalue weighted by Gasteiger charge is 2.13. The third kappa shape index (κ3) is 3.57. The van der Waals surface area contributed by atoms with E-state index < -0.39 is 11.6 Å². The third-order valence-corrected chi connectivity index (χ3v) is 3.92. The van der Waals surface area contributed by atoms with Crippen LogP contribution in [0.1, 0.15) is 29.3 Å². The molecule has 20 heavy (non-hydrogen) atoms. The first-order valence-electron chi connectivity index (χ1n) is 6.43. The molecule has 1 unspecified atom stereocenters. The van der Waals surface area contributed by atoms with Crippen LogP contribution >= 0.6 is 15.9 Å². The van der Waals surface area contributed by atoms with E-state index in [2.05, 4.69) is 15.9 Å². The summed E-state index contributed by atoms with van der Waals surface area (Å²) in [5.74, 6) is -0.907. The number of ether oxygens (including phenoxy) is 1. The van der Waals surface area contributed by atoms with Crippen LogP contribution in [0.2, 0.25) is 0 Å². The average molecular weight is 341 g/mol. The van der Waals surface area contributed by atoms with Crippen molar-refractivity contribution in [2.75, 3.05) is 6.61 Å². The van der Waals surface area contributed by atoms with Gasteiger partial charge in [-0.3, -0.25) is 0 Å². The zero-order chi connectivity index (χ0) is 14.5. The molecule has 0 bridgehead atoms. The van der Waals surface area contributed by atoms with E-state index in [1.54, 1.807) is 6.07 Å². The normalized spacial score (nSPS) is 12.2. The Morgan fingerprint density at radius 1 is 1.05 bits per heavy atom. The van der Waals surface area contributed by atoms with Crippen LogP contribution in [0.4, 0.5) is 8.78 Å². The largest absolute Gasteiger partial charge is 0.494 e. The van der Waals surface area contributed by atoms with E-state index in [0.717, 1.165) is 23.8 Å². The number of rotatable bonds is 5. The van der Waals surface area contributed by atoms with Crippen LogP contribution in [0.25, 0.3) is 0 Å². The van der Waals surface area contributed by atoms with Gasteiger partial charge in [0, 0.05) is 0 Å². The van der Waals surface area contributed by atoms with Gasteiger partial charge in [0.2, 0.25) is 0 Å². The van der Waals surface area contributed by atoms with Crippen molar-refractivity contribution in [3.8, 4) is 5.75 Å². The first-order chi connectivity index (χ1) is 9.61. The van der Waals surface area contributed by atoms with E-state index in [1.807, 2.05) is 31.2 Å². The quantitative estimate of drug-likeness (QED) is 0.676. The molecular weight excluding hydrogens is 326 g/mol. The van der Waals surface area contributed by atoms with Crippen LogP contribution in [0.5, 0.6) is 5.75 Å². The lowest BCUT2D eigenvalue weighted by molar-refractivity contribution is 0.317. The molecule has 0 aromatic heterocycles. The van der Waals surface area contributed by atoms with E-state index in [0.29, 0.717) is 12.2 Å². The van der Waals surface area contributed by atoms with Crippen molar-refractivity contribution in [2.24, 2.45) is 0 Å². The molecule has 0 N–H and O–H groups in total. The highest BCUT2D eigenvalue weighted by atomic mass is 79.9. The monoisotopic (exact) mass is 340 g/mol. The Labute approximate surface area is 125 Å². The molecule has 0 amide bonds. The highest BCUT2D eigenvalue weighted by molar-refractivity contribution is 9.09. The molecule has 0 aliphatic rings. The van der Waals surface area contributed by atoms with E-state index >= 15 is 0 Å². The van der Waals surface area contributed by atoms with Crippen LogP contribution in [0.15, 0.2) is 42.5 Å². The molecule has 2 rings (SSSR count). The molecule has 0 radical (unpaired) electrons. The summed E-state index contributed by atoms with van der Waals surface area (Å²) in [5.41, 5.74) is 1.60. The summed E-state index contributed by atoms with van der Waals surface area (Å²) in [5, 5.41) is 0. The van der Waals surface area contributed by atoms with Gasteiger partial charge in [-0.05, 0) is 41.8 Å². The summed E-state index contributed by atoms with van der Waals surface area (Å²) in [6.45, 7) is 2.69. The second-order valence-electron chi connectivity index (χ2n) is 4.46. The maximum atomic E-state index is 13.3. The molecule has 0 aliphatic heterocycles. The molecule has 2 aromatic rings. The molecule has 0 saturated carbocycles. The molecule has 0 aliphatic carbocycles. The van der Waals surface area contributed by atoms with Gasteiger partial charge in [-0.25, -0.2) is 8.78 Å². The number of alkyl halides is 1. The number of benzene rings is 2. The number of hydrogen-bond acceptors (Lipinski definition) is 1. The van der Waals surface area contributed by atoms with E-state index in [1.165, 1.54) is 6.07 Å². The second kappa shape index (κ2) is 6.84. The smallest absolute Gasteiger partial charge is 0.159 e. The molecular formula is C16H15BrF2O. The average Bonchev–Trinajstić information content (AvgIpc) is 2.47. The molecule has 0 saturated heterocycles. The fourth-order valence-corrected chi connectivity index (χ4v) is 2.41. The lowest BCUT2D eigenvalue weighted by atomic mass is 10.0. The van der Waals surface area contributed by atoms with Gasteiger partial charge in [-0.15, -0.1) is 0 Å². The fourth-order valence-electron chi connectivity index (χ4n) is 1.84. The second-order valence-corrected chi connectivity index (χ2v) is 5.37. The Morgan fingerprint density at radius 2 is 1.80 bits per heavy atom. The fraction of sp³-hybridized carbons (Fsp3) is 0.250. The number of halogens is 3. The Hall–Kier alpha value is -1.42. The van der Waals surface area contributed by atoms with Crippen LogP contribution in [0, 0.1) is 11.6 Å². The van der Waals surface area contributed by atoms with Gasteiger partial charge in [0.15, 0.2) is 11.6 Å². The van der Waals surface area contributed by atoms with Gasteiger partial charge >= 0.3 is 0 Å². The topological polar surface area (TPSA) is 9.23 Å². The summed E-state index contributed by atoms with van der Waals surface area (Å²) in [6.07, 6.45) is 0.936. The summed E-state index contributed by atoms with van der Waals surface area (Å²) in [7, 11) is 0. The Bertz CT molecular complexity index is 586. The molecule has 2 aromatic carbocycles.